The van der Waals surface area contributed by atoms with E-state index < -0.39 is 11.5 Å². The van der Waals surface area contributed by atoms with Crippen molar-refractivity contribution in [1.82, 2.24) is 5.32 Å². The number of piperidine rings is 1. The third kappa shape index (κ3) is 3.65. The minimum atomic E-state index is -0.734. The minimum absolute atomic E-state index is 0.164. The van der Waals surface area contributed by atoms with Crippen molar-refractivity contribution < 1.29 is 14.3 Å². The molecule has 0 aromatic heterocycles. The van der Waals surface area contributed by atoms with Gasteiger partial charge in [0.15, 0.2) is 0 Å². The Kier molecular flexibility index (Phi) is 5.74. The fourth-order valence-corrected chi connectivity index (χ4v) is 3.21. The van der Waals surface area contributed by atoms with Gasteiger partial charge in [-0.05, 0) is 30.9 Å². The van der Waals surface area contributed by atoms with Crippen molar-refractivity contribution in [3.8, 4) is 0 Å². The molecule has 0 bridgehead atoms. The average molecular weight is 325 g/mol. The Balaban J connectivity index is 2.41. The fraction of sp³-hybridized carbons (Fsp3) is 0.300. The quantitative estimate of drug-likeness (QED) is 0.496. The van der Waals surface area contributed by atoms with Gasteiger partial charge in [-0.25, -0.2) is 0 Å². The number of hydrogen-bond acceptors (Lipinski definition) is 3. The van der Waals surface area contributed by atoms with Crippen molar-refractivity contribution in [2.75, 3.05) is 7.11 Å². The van der Waals surface area contributed by atoms with Gasteiger partial charge in [0, 0.05) is 5.57 Å². The second-order valence-corrected chi connectivity index (χ2v) is 5.96. The lowest BCUT2D eigenvalue weighted by Gasteiger charge is -2.43. The van der Waals surface area contributed by atoms with E-state index in [0.29, 0.717) is 24.8 Å². The summed E-state index contributed by atoms with van der Waals surface area (Å²) >= 11 is 0. The summed E-state index contributed by atoms with van der Waals surface area (Å²) in [7, 11) is 1.37. The summed E-state index contributed by atoms with van der Waals surface area (Å²) in [6.07, 6.45) is 6.52. The highest BCUT2D eigenvalue weighted by Crippen LogP contribution is 2.37. The van der Waals surface area contributed by atoms with Crippen LogP contribution in [0.15, 0.2) is 61.2 Å². The van der Waals surface area contributed by atoms with Gasteiger partial charge in [0.1, 0.15) is 0 Å². The zero-order valence-corrected chi connectivity index (χ0v) is 14.0. The van der Waals surface area contributed by atoms with Crippen LogP contribution in [-0.4, -0.2) is 24.5 Å². The molecule has 1 aromatic rings. The average Bonchev–Trinajstić information content (AvgIpc) is 2.58. The van der Waals surface area contributed by atoms with E-state index in [1.807, 2.05) is 36.4 Å². The highest BCUT2D eigenvalue weighted by molar-refractivity contribution is 6.00. The molecule has 1 aromatic carbocycles. The molecule has 4 nitrogen and oxygen atoms in total. The van der Waals surface area contributed by atoms with Gasteiger partial charge in [0.2, 0.25) is 5.91 Å². The number of rotatable bonds is 6. The van der Waals surface area contributed by atoms with Crippen LogP contribution < -0.4 is 5.32 Å². The molecule has 4 heteroatoms. The molecule has 1 N–H and O–H groups in total. The van der Waals surface area contributed by atoms with Gasteiger partial charge in [0.25, 0.3) is 0 Å². The van der Waals surface area contributed by atoms with Gasteiger partial charge >= 0.3 is 5.97 Å². The third-order valence-electron chi connectivity index (χ3n) is 4.39. The molecule has 1 atom stereocenters. The van der Waals surface area contributed by atoms with E-state index in [1.54, 1.807) is 12.2 Å². The van der Waals surface area contributed by atoms with Crippen LogP contribution in [-0.2, 0) is 14.3 Å². The van der Waals surface area contributed by atoms with Gasteiger partial charge in [-0.15, -0.1) is 13.2 Å². The number of carbonyl (C=O) groups is 2. The predicted octanol–water partition coefficient (Wildman–Crippen LogP) is 3.27. The number of nitrogens with one attached hydrogen (secondary N) is 1. The van der Waals surface area contributed by atoms with Crippen LogP contribution in [0.4, 0.5) is 0 Å². The highest BCUT2D eigenvalue weighted by atomic mass is 16.5. The summed E-state index contributed by atoms with van der Waals surface area (Å²) in [5.74, 6) is -0.980. The van der Waals surface area contributed by atoms with Crippen LogP contribution >= 0.6 is 0 Å². The van der Waals surface area contributed by atoms with Crippen molar-refractivity contribution in [3.05, 3.63) is 66.8 Å². The van der Waals surface area contributed by atoms with Gasteiger partial charge in [-0.1, -0.05) is 42.5 Å². The van der Waals surface area contributed by atoms with Crippen LogP contribution in [0.2, 0.25) is 0 Å². The normalized spacial score (nSPS) is 21.0. The molecule has 1 aliphatic rings. The molecule has 1 saturated heterocycles. The van der Waals surface area contributed by atoms with Crippen LogP contribution in [0.1, 0.15) is 24.8 Å². The SMILES string of the molecule is C=CCC1(CC=C)NC(=O)/C(=C\c2ccccc2)CC1C(=O)OC. The lowest BCUT2D eigenvalue weighted by Crippen LogP contribution is -2.59. The van der Waals surface area contributed by atoms with Gasteiger partial charge < -0.3 is 10.1 Å². The van der Waals surface area contributed by atoms with Crippen molar-refractivity contribution in [1.29, 1.82) is 0 Å². The van der Waals surface area contributed by atoms with E-state index in [9.17, 15) is 9.59 Å². The predicted molar refractivity (Wildman–Crippen MR) is 95.0 cm³/mol. The van der Waals surface area contributed by atoms with E-state index in [1.165, 1.54) is 7.11 Å². The van der Waals surface area contributed by atoms with Gasteiger partial charge in [-0.2, -0.15) is 0 Å². The molecular weight excluding hydrogens is 302 g/mol. The summed E-state index contributed by atoms with van der Waals surface area (Å²) < 4.78 is 4.99. The highest BCUT2D eigenvalue weighted by Gasteiger charge is 2.47. The Morgan fingerprint density at radius 2 is 1.92 bits per heavy atom. The molecule has 126 valence electrons. The van der Waals surface area contributed by atoms with Crippen LogP contribution in [0.25, 0.3) is 6.08 Å². The van der Waals surface area contributed by atoms with Crippen molar-refractivity contribution >= 4 is 18.0 Å². The third-order valence-corrected chi connectivity index (χ3v) is 4.39. The smallest absolute Gasteiger partial charge is 0.311 e. The Morgan fingerprint density at radius 3 is 2.46 bits per heavy atom. The van der Waals surface area contributed by atoms with E-state index >= 15 is 0 Å². The maximum atomic E-state index is 12.6. The number of benzene rings is 1. The molecule has 24 heavy (non-hydrogen) atoms. The van der Waals surface area contributed by atoms with Crippen molar-refractivity contribution in [2.24, 2.45) is 5.92 Å². The molecule has 1 heterocycles. The number of carbonyl (C=O) groups excluding carboxylic acids is 2. The van der Waals surface area contributed by atoms with Crippen LogP contribution in [0.3, 0.4) is 0 Å². The Morgan fingerprint density at radius 1 is 1.29 bits per heavy atom. The topological polar surface area (TPSA) is 55.4 Å². The molecule has 1 fully saturated rings. The number of ether oxygens (including phenoxy) is 1. The first kappa shape index (κ1) is 17.7. The summed E-state index contributed by atoms with van der Waals surface area (Å²) in [5, 5.41) is 3.02. The largest absolute Gasteiger partial charge is 0.469 e. The zero-order valence-electron chi connectivity index (χ0n) is 14.0. The van der Waals surface area contributed by atoms with Gasteiger partial charge in [-0.3, -0.25) is 9.59 Å². The molecular formula is C20H23NO3. The molecule has 2 rings (SSSR count). The van der Waals surface area contributed by atoms with E-state index in [4.69, 9.17) is 4.74 Å². The van der Waals surface area contributed by atoms with Crippen molar-refractivity contribution in [3.63, 3.8) is 0 Å². The van der Waals surface area contributed by atoms with Crippen LogP contribution in [0.5, 0.6) is 0 Å². The number of hydrogen-bond donors (Lipinski definition) is 1. The fourth-order valence-electron chi connectivity index (χ4n) is 3.21. The first-order chi connectivity index (χ1) is 11.6. The number of esters is 1. The van der Waals surface area contributed by atoms with Gasteiger partial charge in [0.05, 0.1) is 18.6 Å². The van der Waals surface area contributed by atoms with E-state index in [-0.39, 0.29) is 11.9 Å². The molecule has 0 aliphatic carbocycles. The molecule has 0 radical (unpaired) electrons. The standard InChI is InChI=1S/C20H23NO3/c1-4-11-20(12-5-2)17(19(23)24-3)14-16(18(22)21-20)13-15-9-7-6-8-10-15/h4-10,13,17H,1-2,11-12,14H2,3H3,(H,21,22)/b16-13-. The zero-order chi connectivity index (χ0) is 17.6. The summed E-state index contributed by atoms with van der Waals surface area (Å²) in [4.78, 5) is 25.0. The summed E-state index contributed by atoms with van der Waals surface area (Å²) in [6, 6.07) is 9.57. The molecule has 1 aliphatic heterocycles. The maximum absolute atomic E-state index is 12.6. The molecule has 0 saturated carbocycles. The summed E-state index contributed by atoms with van der Waals surface area (Å²) in [5.41, 5.74) is 0.758. The number of amides is 1. The Bertz CT molecular complexity index is 651. The first-order valence-corrected chi connectivity index (χ1v) is 7.94. The second kappa shape index (κ2) is 7.77. The molecule has 1 unspecified atom stereocenters. The Labute approximate surface area is 142 Å². The van der Waals surface area contributed by atoms with Crippen molar-refractivity contribution in [2.45, 2.75) is 24.8 Å². The summed E-state index contributed by atoms with van der Waals surface area (Å²) in [6.45, 7) is 7.52. The molecule has 0 spiro atoms. The van der Waals surface area contributed by atoms with Crippen LogP contribution in [0, 0.1) is 5.92 Å². The Hall–Kier alpha value is -2.62. The monoisotopic (exact) mass is 325 g/mol. The first-order valence-electron chi connectivity index (χ1n) is 7.94. The maximum Gasteiger partial charge on any atom is 0.311 e. The molecule has 1 amide bonds. The lowest BCUT2D eigenvalue weighted by molar-refractivity contribution is -0.150. The van der Waals surface area contributed by atoms with E-state index in [2.05, 4.69) is 18.5 Å². The second-order valence-electron chi connectivity index (χ2n) is 5.96. The minimum Gasteiger partial charge on any atom is -0.469 e. The van der Waals surface area contributed by atoms with E-state index in [0.717, 1.165) is 5.56 Å². The number of methoxy groups -OCH3 is 1. The lowest BCUT2D eigenvalue weighted by atomic mass is 9.72.